The van der Waals surface area contributed by atoms with Gasteiger partial charge in [0.25, 0.3) is 0 Å². The molecule has 2 aliphatic heterocycles. The molecule has 0 radical (unpaired) electrons. The van der Waals surface area contributed by atoms with E-state index in [1.807, 2.05) is 0 Å². The monoisotopic (exact) mass is 245 g/mol. The van der Waals surface area contributed by atoms with Gasteiger partial charge in [0.2, 0.25) is 0 Å². The highest BCUT2D eigenvalue weighted by atomic mass is 32.1. The molecule has 1 fully saturated rings. The van der Waals surface area contributed by atoms with Gasteiger partial charge in [0, 0.05) is 37.3 Å². The van der Waals surface area contributed by atoms with Gasteiger partial charge in [-0.25, -0.2) is 0 Å². The number of aromatic nitrogens is 1. The summed E-state index contributed by atoms with van der Waals surface area (Å²) in [6.07, 6.45) is 7.93. The van der Waals surface area contributed by atoms with Crippen molar-refractivity contribution in [1.29, 1.82) is 0 Å². The first-order chi connectivity index (χ1) is 8.42. The molecule has 1 atom stereocenters. The number of aromatic amines is 1. The highest BCUT2D eigenvalue weighted by molar-refractivity contribution is 7.16. The number of hydrogen-bond donors (Lipinski definition) is 1. The minimum absolute atomic E-state index is 0.687. The maximum Gasteiger partial charge on any atom is 0.102 e. The molecule has 0 bridgehead atoms. The predicted octanol–water partition coefficient (Wildman–Crippen LogP) is 2.64. The minimum atomic E-state index is 0.687. The van der Waals surface area contributed by atoms with E-state index < -0.39 is 0 Å². The van der Waals surface area contributed by atoms with Crippen molar-refractivity contribution in [2.45, 2.75) is 12.5 Å². The van der Waals surface area contributed by atoms with E-state index in [9.17, 15) is 0 Å². The fourth-order valence-electron chi connectivity index (χ4n) is 2.94. The average Bonchev–Trinajstić information content (AvgIpc) is 3.03. The first-order valence-corrected chi connectivity index (χ1v) is 7.02. The zero-order valence-electron chi connectivity index (χ0n) is 9.60. The smallest absolute Gasteiger partial charge is 0.102 e. The summed E-state index contributed by atoms with van der Waals surface area (Å²) < 4.78 is 0. The molecule has 4 heterocycles. The lowest BCUT2D eigenvalue weighted by atomic mass is 10.1. The Morgan fingerprint density at radius 3 is 3.35 bits per heavy atom. The summed E-state index contributed by atoms with van der Waals surface area (Å²) in [6, 6.07) is 2.91. The molecule has 4 heteroatoms. The van der Waals surface area contributed by atoms with Gasteiger partial charge < -0.3 is 14.8 Å². The number of fused-ring (bicyclic) bond motifs is 2. The van der Waals surface area contributed by atoms with E-state index >= 15 is 0 Å². The van der Waals surface area contributed by atoms with E-state index in [0.717, 1.165) is 19.6 Å². The molecule has 17 heavy (non-hydrogen) atoms. The quantitative estimate of drug-likeness (QED) is 0.834. The van der Waals surface area contributed by atoms with Crippen LogP contribution >= 0.6 is 11.3 Å². The number of hydrogen-bond acceptors (Lipinski definition) is 3. The van der Waals surface area contributed by atoms with Crippen molar-refractivity contribution in [3.8, 4) is 0 Å². The van der Waals surface area contributed by atoms with Crippen molar-refractivity contribution in [3.05, 3.63) is 29.9 Å². The lowest BCUT2D eigenvalue weighted by molar-refractivity contribution is 0.271. The first kappa shape index (κ1) is 9.59. The van der Waals surface area contributed by atoms with E-state index in [4.69, 9.17) is 0 Å². The molecule has 88 valence electrons. The molecule has 2 aromatic rings. The third-order valence-electron chi connectivity index (χ3n) is 3.86. The molecular formula is C13H15N3S. The number of H-pyrrole nitrogens is 1. The molecule has 3 nitrogen and oxygen atoms in total. The molecule has 2 aromatic heterocycles. The van der Waals surface area contributed by atoms with Crippen LogP contribution in [0.25, 0.3) is 10.2 Å². The molecule has 2 aliphatic rings. The second-order valence-electron chi connectivity index (χ2n) is 4.80. The molecule has 4 rings (SSSR count). The Morgan fingerprint density at radius 2 is 2.35 bits per heavy atom. The molecule has 0 amide bonds. The van der Waals surface area contributed by atoms with Gasteiger partial charge in [-0.3, -0.25) is 0 Å². The summed E-state index contributed by atoms with van der Waals surface area (Å²) in [5, 5.41) is 3.55. The zero-order chi connectivity index (χ0) is 11.2. The van der Waals surface area contributed by atoms with Crippen LogP contribution in [-0.4, -0.2) is 35.6 Å². The fourth-order valence-corrected chi connectivity index (χ4v) is 3.71. The maximum atomic E-state index is 3.37. The summed E-state index contributed by atoms with van der Waals surface area (Å²) >= 11 is 1.79. The van der Waals surface area contributed by atoms with E-state index in [2.05, 4.69) is 44.7 Å². The third-order valence-corrected chi connectivity index (χ3v) is 4.70. The number of anilines is 1. The highest BCUT2D eigenvalue weighted by Crippen LogP contribution is 2.32. The van der Waals surface area contributed by atoms with Crippen LogP contribution < -0.4 is 4.90 Å². The lowest BCUT2D eigenvalue weighted by Gasteiger charge is -2.39. The van der Waals surface area contributed by atoms with Crippen LogP contribution in [0.15, 0.2) is 29.9 Å². The van der Waals surface area contributed by atoms with Gasteiger partial charge in [-0.1, -0.05) is 6.08 Å². The highest BCUT2D eigenvalue weighted by Gasteiger charge is 2.28. The number of rotatable bonds is 1. The average molecular weight is 245 g/mol. The van der Waals surface area contributed by atoms with E-state index in [0.29, 0.717) is 6.04 Å². The second kappa shape index (κ2) is 3.53. The lowest BCUT2D eigenvalue weighted by Crippen LogP contribution is -2.49. The summed E-state index contributed by atoms with van der Waals surface area (Å²) in [6.45, 7) is 3.43. The Bertz CT molecular complexity index is 568. The summed E-state index contributed by atoms with van der Waals surface area (Å²) in [5.74, 6) is 0. The number of nitrogens with zero attached hydrogens (tertiary/aromatic N) is 2. The molecule has 0 aliphatic carbocycles. The Labute approximate surface area is 104 Å². The first-order valence-electron chi connectivity index (χ1n) is 6.14. The van der Waals surface area contributed by atoms with Crippen LogP contribution in [0, 0.1) is 0 Å². The largest absolute Gasteiger partial charge is 0.371 e. The molecule has 0 saturated carbocycles. The Hall–Kier alpha value is -1.42. The molecule has 1 N–H and O–H groups in total. The topological polar surface area (TPSA) is 22.3 Å². The fraction of sp³-hybridized carbons (Fsp3) is 0.385. The van der Waals surface area contributed by atoms with Crippen molar-refractivity contribution >= 4 is 27.2 Å². The molecule has 1 saturated heterocycles. The van der Waals surface area contributed by atoms with Gasteiger partial charge in [0.1, 0.15) is 4.83 Å². The van der Waals surface area contributed by atoms with Crippen molar-refractivity contribution in [2.24, 2.45) is 0 Å². The van der Waals surface area contributed by atoms with E-state index in [1.165, 1.54) is 22.3 Å². The van der Waals surface area contributed by atoms with Crippen LogP contribution in [0.3, 0.4) is 0 Å². The van der Waals surface area contributed by atoms with Gasteiger partial charge in [-0.05, 0) is 24.1 Å². The van der Waals surface area contributed by atoms with Crippen molar-refractivity contribution in [1.82, 2.24) is 9.88 Å². The van der Waals surface area contributed by atoms with Crippen molar-refractivity contribution < 1.29 is 0 Å². The van der Waals surface area contributed by atoms with Gasteiger partial charge >= 0.3 is 0 Å². The maximum absolute atomic E-state index is 3.37. The SMILES string of the molecule is C1=CN2CCN(c3c[nH]c4sccc34)CC2C1. The van der Waals surface area contributed by atoms with Crippen molar-refractivity contribution in [2.75, 3.05) is 24.5 Å². The Morgan fingerprint density at radius 1 is 1.35 bits per heavy atom. The van der Waals surface area contributed by atoms with Crippen LogP contribution in [0.2, 0.25) is 0 Å². The van der Waals surface area contributed by atoms with Gasteiger partial charge in [0.15, 0.2) is 0 Å². The standard InChI is InChI=1S/C13H15N3S/c1-2-10-9-16(6-5-15(10)4-1)12-8-14-13-11(12)3-7-17-13/h1,3-4,7-8,10,14H,2,5-6,9H2. The minimum Gasteiger partial charge on any atom is -0.371 e. The number of nitrogens with one attached hydrogen (secondary N) is 1. The van der Waals surface area contributed by atoms with Gasteiger partial charge in [-0.15, -0.1) is 11.3 Å². The van der Waals surface area contributed by atoms with Crippen LogP contribution in [0.4, 0.5) is 5.69 Å². The Balaban J connectivity index is 1.65. The van der Waals surface area contributed by atoms with Gasteiger partial charge in [0.05, 0.1) is 5.69 Å². The summed E-state index contributed by atoms with van der Waals surface area (Å²) in [7, 11) is 0. The van der Waals surface area contributed by atoms with Crippen molar-refractivity contribution in [3.63, 3.8) is 0 Å². The van der Waals surface area contributed by atoms with Crippen LogP contribution in [-0.2, 0) is 0 Å². The van der Waals surface area contributed by atoms with E-state index in [1.54, 1.807) is 11.3 Å². The summed E-state index contributed by atoms with van der Waals surface area (Å²) in [4.78, 5) is 9.68. The van der Waals surface area contributed by atoms with Gasteiger partial charge in [-0.2, -0.15) is 0 Å². The number of piperazine rings is 1. The number of thiophene rings is 1. The third kappa shape index (κ3) is 1.40. The Kier molecular flexibility index (Phi) is 1.99. The molecular weight excluding hydrogens is 230 g/mol. The predicted molar refractivity (Wildman–Crippen MR) is 72.6 cm³/mol. The normalized spacial score (nSPS) is 23.6. The van der Waals surface area contributed by atoms with Crippen LogP contribution in [0.5, 0.6) is 0 Å². The molecule has 1 unspecified atom stereocenters. The molecule has 0 aromatic carbocycles. The zero-order valence-corrected chi connectivity index (χ0v) is 10.4. The van der Waals surface area contributed by atoms with Crippen LogP contribution in [0.1, 0.15) is 6.42 Å². The molecule has 0 spiro atoms. The van der Waals surface area contributed by atoms with E-state index in [-0.39, 0.29) is 0 Å². The summed E-state index contributed by atoms with van der Waals surface area (Å²) in [5.41, 5.74) is 1.38. The second-order valence-corrected chi connectivity index (χ2v) is 5.71.